The van der Waals surface area contributed by atoms with E-state index in [9.17, 15) is 0 Å². The molecule has 0 spiro atoms. The molecule has 0 saturated heterocycles. The highest BCUT2D eigenvalue weighted by atomic mass is 35.5. The molecule has 18 heavy (non-hydrogen) atoms. The summed E-state index contributed by atoms with van der Waals surface area (Å²) >= 11 is 5.96. The van der Waals surface area contributed by atoms with Gasteiger partial charge < -0.3 is 9.73 Å². The zero-order valence-corrected chi connectivity index (χ0v) is 11.5. The Kier molecular flexibility index (Phi) is 4.44. The van der Waals surface area contributed by atoms with Crippen molar-refractivity contribution in [2.24, 2.45) is 0 Å². The highest BCUT2D eigenvalue weighted by Crippen LogP contribution is 2.16. The SMILES string of the molecule is CCCNCc1ccc(Cn2ncc(Cl)c2C)o1. The molecule has 2 heterocycles. The van der Waals surface area contributed by atoms with E-state index >= 15 is 0 Å². The van der Waals surface area contributed by atoms with Gasteiger partial charge in [-0.05, 0) is 32.0 Å². The molecule has 0 radical (unpaired) electrons. The highest BCUT2D eigenvalue weighted by molar-refractivity contribution is 6.31. The van der Waals surface area contributed by atoms with Crippen molar-refractivity contribution >= 4 is 11.6 Å². The van der Waals surface area contributed by atoms with Gasteiger partial charge >= 0.3 is 0 Å². The number of hydrogen-bond donors (Lipinski definition) is 1. The molecule has 0 saturated carbocycles. The fraction of sp³-hybridized carbons (Fsp3) is 0.462. The van der Waals surface area contributed by atoms with Gasteiger partial charge in [0.25, 0.3) is 0 Å². The van der Waals surface area contributed by atoms with Crippen LogP contribution in [-0.4, -0.2) is 16.3 Å². The van der Waals surface area contributed by atoms with Crippen molar-refractivity contribution < 1.29 is 4.42 Å². The van der Waals surface area contributed by atoms with E-state index in [4.69, 9.17) is 16.0 Å². The maximum atomic E-state index is 5.96. The summed E-state index contributed by atoms with van der Waals surface area (Å²) in [5.41, 5.74) is 0.957. The number of halogens is 1. The Morgan fingerprint density at radius 3 is 2.83 bits per heavy atom. The second-order valence-electron chi connectivity index (χ2n) is 4.28. The summed E-state index contributed by atoms with van der Waals surface area (Å²) in [6, 6.07) is 3.98. The van der Waals surface area contributed by atoms with Gasteiger partial charge in [0.15, 0.2) is 0 Å². The molecule has 0 atom stereocenters. The molecular formula is C13H18ClN3O. The van der Waals surface area contributed by atoms with Gasteiger partial charge in [-0.2, -0.15) is 5.10 Å². The highest BCUT2D eigenvalue weighted by Gasteiger charge is 2.07. The average Bonchev–Trinajstić information content (AvgIpc) is 2.92. The Balaban J connectivity index is 1.96. The van der Waals surface area contributed by atoms with E-state index in [1.807, 2.05) is 23.7 Å². The van der Waals surface area contributed by atoms with Crippen LogP contribution in [0.2, 0.25) is 5.02 Å². The zero-order chi connectivity index (χ0) is 13.0. The van der Waals surface area contributed by atoms with Crippen molar-refractivity contribution in [3.05, 3.63) is 40.6 Å². The van der Waals surface area contributed by atoms with E-state index in [1.54, 1.807) is 6.20 Å². The third-order valence-electron chi connectivity index (χ3n) is 2.79. The Morgan fingerprint density at radius 1 is 1.39 bits per heavy atom. The van der Waals surface area contributed by atoms with Crippen LogP contribution in [0.5, 0.6) is 0 Å². The quantitative estimate of drug-likeness (QED) is 0.819. The van der Waals surface area contributed by atoms with Gasteiger partial charge in [-0.1, -0.05) is 18.5 Å². The minimum atomic E-state index is 0.617. The van der Waals surface area contributed by atoms with Crippen LogP contribution in [0, 0.1) is 6.92 Å². The van der Waals surface area contributed by atoms with E-state index in [0.29, 0.717) is 11.6 Å². The molecule has 2 rings (SSSR count). The molecule has 5 heteroatoms. The Morgan fingerprint density at radius 2 is 2.17 bits per heavy atom. The van der Waals surface area contributed by atoms with Crippen LogP contribution in [0.3, 0.4) is 0 Å². The van der Waals surface area contributed by atoms with E-state index in [-0.39, 0.29) is 0 Å². The predicted octanol–water partition coefficient (Wildman–Crippen LogP) is 2.99. The zero-order valence-electron chi connectivity index (χ0n) is 10.7. The molecule has 0 aromatic carbocycles. The molecule has 1 N–H and O–H groups in total. The van der Waals surface area contributed by atoms with Crippen LogP contribution < -0.4 is 5.32 Å². The average molecular weight is 268 g/mol. The third kappa shape index (κ3) is 3.15. The Hall–Kier alpha value is -1.26. The molecular weight excluding hydrogens is 250 g/mol. The lowest BCUT2D eigenvalue weighted by Gasteiger charge is -2.02. The van der Waals surface area contributed by atoms with Crippen molar-refractivity contribution in [2.45, 2.75) is 33.4 Å². The maximum Gasteiger partial charge on any atom is 0.125 e. The third-order valence-corrected chi connectivity index (χ3v) is 3.16. The van der Waals surface area contributed by atoms with E-state index < -0.39 is 0 Å². The minimum absolute atomic E-state index is 0.617. The number of rotatable bonds is 6. The number of nitrogens with zero attached hydrogens (tertiary/aromatic N) is 2. The second-order valence-corrected chi connectivity index (χ2v) is 4.69. The standard InChI is InChI=1S/C13H18ClN3O/c1-3-6-15-7-11-4-5-12(18-11)9-17-10(2)13(14)8-16-17/h4-5,8,15H,3,6-7,9H2,1-2H3. The lowest BCUT2D eigenvalue weighted by molar-refractivity contribution is 0.428. The molecule has 2 aromatic heterocycles. The van der Waals surface area contributed by atoms with Gasteiger partial charge in [-0.15, -0.1) is 0 Å². The van der Waals surface area contributed by atoms with E-state index in [0.717, 1.165) is 36.7 Å². The van der Waals surface area contributed by atoms with Crippen molar-refractivity contribution in [1.82, 2.24) is 15.1 Å². The van der Waals surface area contributed by atoms with Crippen molar-refractivity contribution in [2.75, 3.05) is 6.54 Å². The lowest BCUT2D eigenvalue weighted by atomic mass is 10.4. The fourth-order valence-electron chi connectivity index (χ4n) is 1.72. The summed E-state index contributed by atoms with van der Waals surface area (Å²) < 4.78 is 7.57. The van der Waals surface area contributed by atoms with Gasteiger partial charge in [0.2, 0.25) is 0 Å². The summed E-state index contributed by atoms with van der Waals surface area (Å²) in [6.45, 7) is 6.48. The normalized spacial score (nSPS) is 11.1. The Bertz CT molecular complexity index is 504. The first-order valence-electron chi connectivity index (χ1n) is 6.17. The number of nitrogens with one attached hydrogen (secondary N) is 1. The Labute approximate surface area is 112 Å². The lowest BCUT2D eigenvalue weighted by Crippen LogP contribution is -2.13. The molecule has 0 amide bonds. The molecule has 0 unspecified atom stereocenters. The number of aromatic nitrogens is 2. The van der Waals surface area contributed by atoms with Crippen molar-refractivity contribution in [3.63, 3.8) is 0 Å². The van der Waals surface area contributed by atoms with Crippen molar-refractivity contribution in [3.8, 4) is 0 Å². The molecule has 0 aliphatic carbocycles. The van der Waals surface area contributed by atoms with Crippen LogP contribution in [0.15, 0.2) is 22.7 Å². The summed E-state index contributed by atoms with van der Waals surface area (Å²) in [7, 11) is 0. The predicted molar refractivity (Wildman–Crippen MR) is 71.8 cm³/mol. The van der Waals surface area contributed by atoms with Crippen LogP contribution in [0.1, 0.15) is 30.6 Å². The summed E-state index contributed by atoms with van der Waals surface area (Å²) in [4.78, 5) is 0. The first-order chi connectivity index (χ1) is 8.70. The second kappa shape index (κ2) is 6.07. The van der Waals surface area contributed by atoms with Gasteiger partial charge in [0.05, 0.1) is 30.0 Å². The molecule has 0 aliphatic heterocycles. The van der Waals surface area contributed by atoms with E-state index in [2.05, 4.69) is 17.3 Å². The molecule has 0 aliphatic rings. The molecule has 2 aromatic rings. The molecule has 0 fully saturated rings. The monoisotopic (exact) mass is 267 g/mol. The summed E-state index contributed by atoms with van der Waals surface area (Å²) in [5.74, 6) is 1.85. The maximum absolute atomic E-state index is 5.96. The first kappa shape index (κ1) is 13.2. The summed E-state index contributed by atoms with van der Waals surface area (Å²) in [5, 5.41) is 8.20. The first-order valence-corrected chi connectivity index (χ1v) is 6.54. The van der Waals surface area contributed by atoms with Crippen LogP contribution >= 0.6 is 11.6 Å². The fourth-order valence-corrected chi connectivity index (χ4v) is 1.86. The minimum Gasteiger partial charge on any atom is -0.463 e. The van der Waals surface area contributed by atoms with Gasteiger partial charge in [0, 0.05) is 0 Å². The topological polar surface area (TPSA) is 43.0 Å². The van der Waals surface area contributed by atoms with Crippen LogP contribution in [-0.2, 0) is 13.1 Å². The molecule has 4 nitrogen and oxygen atoms in total. The van der Waals surface area contributed by atoms with E-state index in [1.165, 1.54) is 0 Å². The van der Waals surface area contributed by atoms with Crippen LogP contribution in [0.25, 0.3) is 0 Å². The van der Waals surface area contributed by atoms with Gasteiger partial charge in [0.1, 0.15) is 11.5 Å². The van der Waals surface area contributed by atoms with Crippen molar-refractivity contribution in [1.29, 1.82) is 0 Å². The van der Waals surface area contributed by atoms with Gasteiger partial charge in [-0.3, -0.25) is 4.68 Å². The molecule has 0 bridgehead atoms. The van der Waals surface area contributed by atoms with Gasteiger partial charge in [-0.25, -0.2) is 0 Å². The molecule has 98 valence electrons. The number of hydrogen-bond acceptors (Lipinski definition) is 3. The summed E-state index contributed by atoms with van der Waals surface area (Å²) in [6.07, 6.45) is 2.78. The number of furan rings is 1. The largest absolute Gasteiger partial charge is 0.463 e. The van der Waals surface area contributed by atoms with Crippen LogP contribution in [0.4, 0.5) is 0 Å². The smallest absolute Gasteiger partial charge is 0.125 e.